The van der Waals surface area contributed by atoms with Crippen LogP contribution < -0.4 is 0 Å². The van der Waals surface area contributed by atoms with Crippen molar-refractivity contribution in [3.05, 3.63) is 83.9 Å². The van der Waals surface area contributed by atoms with Gasteiger partial charge in [0.25, 0.3) is 0 Å². The first-order chi connectivity index (χ1) is 10.3. The number of hydrogen-bond donors (Lipinski definition) is 1. The highest BCUT2D eigenvalue weighted by molar-refractivity contribution is 5.72. The molecule has 0 heterocycles. The molecule has 0 saturated heterocycles. The molecule has 2 nitrogen and oxygen atoms in total. The van der Waals surface area contributed by atoms with E-state index in [1.165, 1.54) is 5.56 Å². The number of rotatable bonds is 7. The van der Waals surface area contributed by atoms with E-state index in [0.29, 0.717) is 6.42 Å². The van der Waals surface area contributed by atoms with Crippen molar-refractivity contribution in [1.29, 1.82) is 0 Å². The summed E-state index contributed by atoms with van der Waals surface area (Å²) in [5.74, 6) is -1.22. The number of allylic oxidation sites excluding steroid dienone is 1. The number of hydrogen-bond acceptors (Lipinski definition) is 1. The van der Waals surface area contributed by atoms with Crippen LogP contribution in [0.15, 0.2) is 72.8 Å². The third-order valence-corrected chi connectivity index (χ3v) is 3.43. The van der Waals surface area contributed by atoms with Gasteiger partial charge < -0.3 is 5.11 Å². The maximum Gasteiger partial charge on any atom is 0.310 e. The standard InChI is InChI=1S/C19H20O2/c20-19(21)18(15-17-12-5-2-6-13-17)14-8-7-11-16-9-3-1-4-10-16/h1-6,8-10,12-14,18H,7,11,15H2,(H,20,21)/b14-8-. The molecule has 21 heavy (non-hydrogen) atoms. The molecular formula is C19H20O2. The zero-order valence-corrected chi connectivity index (χ0v) is 12.0. The maximum absolute atomic E-state index is 11.3. The van der Waals surface area contributed by atoms with E-state index in [9.17, 15) is 9.90 Å². The lowest BCUT2D eigenvalue weighted by Crippen LogP contribution is -2.13. The van der Waals surface area contributed by atoms with Crippen LogP contribution in [0.1, 0.15) is 17.5 Å². The van der Waals surface area contributed by atoms with E-state index in [-0.39, 0.29) is 0 Å². The molecule has 0 bridgehead atoms. The molecule has 0 aliphatic heterocycles. The van der Waals surface area contributed by atoms with Gasteiger partial charge >= 0.3 is 5.97 Å². The van der Waals surface area contributed by atoms with Crippen LogP contribution in [0.5, 0.6) is 0 Å². The number of aryl methyl sites for hydroxylation is 1. The minimum absolute atomic E-state index is 0.455. The Labute approximate surface area is 125 Å². The van der Waals surface area contributed by atoms with Crippen molar-refractivity contribution >= 4 is 5.97 Å². The Morgan fingerprint density at radius 3 is 2.10 bits per heavy atom. The van der Waals surface area contributed by atoms with Crippen molar-refractivity contribution in [2.75, 3.05) is 0 Å². The second kappa shape index (κ2) is 8.05. The smallest absolute Gasteiger partial charge is 0.310 e. The van der Waals surface area contributed by atoms with Gasteiger partial charge in [0.05, 0.1) is 5.92 Å². The van der Waals surface area contributed by atoms with Crippen molar-refractivity contribution in [2.24, 2.45) is 5.92 Å². The topological polar surface area (TPSA) is 37.3 Å². The van der Waals surface area contributed by atoms with Crippen LogP contribution in [0.25, 0.3) is 0 Å². The summed E-state index contributed by atoms with van der Waals surface area (Å²) in [7, 11) is 0. The van der Waals surface area contributed by atoms with E-state index in [2.05, 4.69) is 12.1 Å². The van der Waals surface area contributed by atoms with Gasteiger partial charge in [-0.25, -0.2) is 0 Å². The van der Waals surface area contributed by atoms with Gasteiger partial charge in [0.15, 0.2) is 0 Å². The second-order valence-corrected chi connectivity index (χ2v) is 5.09. The summed E-state index contributed by atoms with van der Waals surface area (Å²) >= 11 is 0. The summed E-state index contributed by atoms with van der Waals surface area (Å²) < 4.78 is 0. The SMILES string of the molecule is O=C(O)C(/C=C\CCc1ccccc1)Cc1ccccc1. The lowest BCUT2D eigenvalue weighted by Gasteiger charge is -2.07. The Morgan fingerprint density at radius 1 is 0.952 bits per heavy atom. The van der Waals surface area contributed by atoms with Crippen LogP contribution in [-0.4, -0.2) is 11.1 Å². The van der Waals surface area contributed by atoms with E-state index >= 15 is 0 Å². The molecule has 0 saturated carbocycles. The third kappa shape index (κ3) is 5.27. The molecule has 1 N–H and O–H groups in total. The fraction of sp³-hybridized carbons (Fsp3) is 0.211. The average Bonchev–Trinajstić information content (AvgIpc) is 2.52. The van der Waals surface area contributed by atoms with Gasteiger partial charge in [-0.15, -0.1) is 0 Å². The third-order valence-electron chi connectivity index (χ3n) is 3.43. The van der Waals surface area contributed by atoms with Gasteiger partial charge in [0, 0.05) is 0 Å². The monoisotopic (exact) mass is 280 g/mol. The predicted molar refractivity (Wildman–Crippen MR) is 85.2 cm³/mol. The van der Waals surface area contributed by atoms with E-state index in [0.717, 1.165) is 18.4 Å². The summed E-state index contributed by atoms with van der Waals surface area (Å²) in [6.07, 6.45) is 6.14. The van der Waals surface area contributed by atoms with Crippen molar-refractivity contribution in [3.63, 3.8) is 0 Å². The molecule has 108 valence electrons. The van der Waals surface area contributed by atoms with Crippen LogP contribution in [0, 0.1) is 5.92 Å². The predicted octanol–water partition coefficient (Wildman–Crippen LogP) is 4.12. The molecule has 2 aromatic carbocycles. The summed E-state index contributed by atoms with van der Waals surface area (Å²) in [4.78, 5) is 11.3. The highest BCUT2D eigenvalue weighted by Gasteiger charge is 2.13. The molecule has 0 radical (unpaired) electrons. The number of benzene rings is 2. The zero-order valence-electron chi connectivity index (χ0n) is 12.0. The fourth-order valence-corrected chi connectivity index (χ4v) is 2.26. The molecule has 2 aromatic rings. The van der Waals surface area contributed by atoms with Gasteiger partial charge in [-0.1, -0.05) is 72.8 Å². The van der Waals surface area contributed by atoms with Crippen molar-refractivity contribution in [1.82, 2.24) is 0 Å². The van der Waals surface area contributed by atoms with Crippen LogP contribution in [-0.2, 0) is 17.6 Å². The van der Waals surface area contributed by atoms with Crippen LogP contribution in [0.4, 0.5) is 0 Å². The molecule has 0 fully saturated rings. The minimum Gasteiger partial charge on any atom is -0.481 e. The van der Waals surface area contributed by atoms with Gasteiger partial charge in [-0.2, -0.15) is 0 Å². The Morgan fingerprint density at radius 2 is 1.52 bits per heavy atom. The molecule has 0 aromatic heterocycles. The van der Waals surface area contributed by atoms with Gasteiger partial charge in [0.2, 0.25) is 0 Å². The first-order valence-electron chi connectivity index (χ1n) is 7.23. The molecule has 0 aliphatic carbocycles. The van der Waals surface area contributed by atoms with E-state index in [1.807, 2.05) is 60.7 Å². The second-order valence-electron chi connectivity index (χ2n) is 5.09. The lowest BCUT2D eigenvalue weighted by atomic mass is 9.98. The quantitative estimate of drug-likeness (QED) is 0.775. The van der Waals surface area contributed by atoms with Crippen molar-refractivity contribution in [2.45, 2.75) is 19.3 Å². The first kappa shape index (κ1) is 15.0. The van der Waals surface area contributed by atoms with E-state index < -0.39 is 11.9 Å². The molecule has 1 atom stereocenters. The number of carboxylic acid groups (broad SMARTS) is 1. The minimum atomic E-state index is -0.769. The molecule has 0 amide bonds. The lowest BCUT2D eigenvalue weighted by molar-refractivity contribution is -0.140. The molecule has 0 aliphatic rings. The normalized spacial score (nSPS) is 12.4. The Balaban J connectivity index is 1.88. The zero-order chi connectivity index (χ0) is 14.9. The Hall–Kier alpha value is -2.35. The summed E-state index contributed by atoms with van der Waals surface area (Å²) in [5, 5.41) is 9.30. The molecular weight excluding hydrogens is 260 g/mol. The Kier molecular flexibility index (Phi) is 5.77. The van der Waals surface area contributed by atoms with Crippen LogP contribution in [0.2, 0.25) is 0 Å². The summed E-state index contributed by atoms with van der Waals surface area (Å²) in [5.41, 5.74) is 2.33. The average molecular weight is 280 g/mol. The molecule has 1 unspecified atom stereocenters. The summed E-state index contributed by atoms with van der Waals surface area (Å²) in [6.45, 7) is 0. The van der Waals surface area contributed by atoms with Gasteiger partial charge in [0.1, 0.15) is 0 Å². The first-order valence-corrected chi connectivity index (χ1v) is 7.23. The van der Waals surface area contributed by atoms with Gasteiger partial charge in [-0.3, -0.25) is 4.79 Å². The highest BCUT2D eigenvalue weighted by Crippen LogP contribution is 2.12. The van der Waals surface area contributed by atoms with Crippen molar-refractivity contribution in [3.8, 4) is 0 Å². The van der Waals surface area contributed by atoms with Gasteiger partial charge in [-0.05, 0) is 30.4 Å². The molecule has 2 rings (SSSR count). The number of aliphatic carboxylic acids is 1. The largest absolute Gasteiger partial charge is 0.481 e. The molecule has 0 spiro atoms. The van der Waals surface area contributed by atoms with E-state index in [4.69, 9.17) is 0 Å². The van der Waals surface area contributed by atoms with Crippen LogP contribution >= 0.6 is 0 Å². The van der Waals surface area contributed by atoms with Crippen LogP contribution in [0.3, 0.4) is 0 Å². The number of carbonyl (C=O) groups is 1. The maximum atomic E-state index is 11.3. The summed E-state index contributed by atoms with van der Waals surface area (Å²) in [6, 6.07) is 20.0. The Bertz CT molecular complexity index is 573. The van der Waals surface area contributed by atoms with Crippen molar-refractivity contribution < 1.29 is 9.90 Å². The number of carboxylic acids is 1. The fourth-order valence-electron chi connectivity index (χ4n) is 2.26. The highest BCUT2D eigenvalue weighted by atomic mass is 16.4. The van der Waals surface area contributed by atoms with E-state index in [1.54, 1.807) is 0 Å². The molecule has 2 heteroatoms.